The maximum absolute atomic E-state index is 13.3. The fourth-order valence-electron chi connectivity index (χ4n) is 5.42. The molecule has 28 heavy (non-hydrogen) atoms. The first-order chi connectivity index (χ1) is 13.5. The Bertz CT molecular complexity index is 718. The van der Waals surface area contributed by atoms with E-state index < -0.39 is 0 Å². The third-order valence-corrected chi connectivity index (χ3v) is 7.03. The van der Waals surface area contributed by atoms with E-state index in [4.69, 9.17) is 5.73 Å². The average molecular weight is 387 g/mol. The first kappa shape index (κ1) is 19.4. The van der Waals surface area contributed by atoms with Crippen LogP contribution in [0.1, 0.15) is 44.9 Å². The number of fused-ring (bicyclic) bond motifs is 2. The molecular formula is C22H30FN3O2. The summed E-state index contributed by atoms with van der Waals surface area (Å²) >= 11 is 0. The van der Waals surface area contributed by atoms with Gasteiger partial charge in [-0.2, -0.15) is 0 Å². The molecule has 1 aliphatic heterocycles. The number of carbonyl (C=O) groups excluding carboxylic acids is 2. The summed E-state index contributed by atoms with van der Waals surface area (Å²) in [6.07, 6.45) is 6.73. The normalized spacial score (nSPS) is 30.7. The number of nitrogens with zero attached hydrogens (tertiary/aromatic N) is 1. The molecule has 0 radical (unpaired) electrons. The van der Waals surface area contributed by atoms with Crippen LogP contribution in [0.3, 0.4) is 0 Å². The fraction of sp³-hybridized carbons (Fsp3) is 0.636. The minimum Gasteiger partial charge on any atom is -0.342 e. The molecule has 3 aliphatic rings. The van der Waals surface area contributed by atoms with Gasteiger partial charge in [0.2, 0.25) is 11.8 Å². The molecule has 1 aromatic carbocycles. The van der Waals surface area contributed by atoms with Crippen LogP contribution < -0.4 is 11.1 Å². The Balaban J connectivity index is 1.29. The number of likely N-dealkylation sites (tertiary alicyclic amines) is 1. The van der Waals surface area contributed by atoms with Crippen molar-refractivity contribution < 1.29 is 14.0 Å². The fourth-order valence-corrected chi connectivity index (χ4v) is 5.42. The highest BCUT2D eigenvalue weighted by molar-refractivity contribution is 5.92. The van der Waals surface area contributed by atoms with Crippen molar-refractivity contribution in [3.05, 3.63) is 30.1 Å². The number of halogens is 1. The molecule has 2 atom stereocenters. The van der Waals surface area contributed by atoms with Crippen molar-refractivity contribution in [2.24, 2.45) is 29.4 Å². The Morgan fingerprint density at radius 1 is 1.04 bits per heavy atom. The second-order valence-electron chi connectivity index (χ2n) is 8.80. The molecule has 2 bridgehead atoms. The van der Waals surface area contributed by atoms with Gasteiger partial charge in [0.25, 0.3) is 0 Å². The molecular weight excluding hydrogens is 357 g/mol. The van der Waals surface area contributed by atoms with Gasteiger partial charge in [0, 0.05) is 36.7 Å². The third kappa shape index (κ3) is 4.07. The SMILES string of the molecule is NC1C2CCCC1CC(C(=O)N1CCC(C(=O)Nc3cccc(F)c3)CC1)C2. The number of nitrogens with one attached hydrogen (secondary N) is 1. The van der Waals surface area contributed by atoms with Crippen LogP contribution in [0.5, 0.6) is 0 Å². The molecule has 2 unspecified atom stereocenters. The Morgan fingerprint density at radius 3 is 2.36 bits per heavy atom. The van der Waals surface area contributed by atoms with E-state index in [0.717, 1.165) is 25.7 Å². The number of rotatable bonds is 3. The van der Waals surface area contributed by atoms with Crippen molar-refractivity contribution in [1.29, 1.82) is 0 Å². The highest BCUT2D eigenvalue weighted by Gasteiger charge is 2.42. The lowest BCUT2D eigenvalue weighted by Gasteiger charge is -2.45. The molecule has 4 rings (SSSR count). The van der Waals surface area contributed by atoms with Crippen LogP contribution in [-0.4, -0.2) is 35.8 Å². The van der Waals surface area contributed by atoms with E-state index in [1.165, 1.54) is 18.6 Å². The van der Waals surface area contributed by atoms with Gasteiger partial charge in [-0.25, -0.2) is 4.39 Å². The van der Waals surface area contributed by atoms with E-state index in [1.54, 1.807) is 12.1 Å². The number of piperidine rings is 1. The van der Waals surface area contributed by atoms with Crippen LogP contribution >= 0.6 is 0 Å². The summed E-state index contributed by atoms with van der Waals surface area (Å²) in [5.74, 6) is 0.769. The lowest BCUT2D eigenvalue weighted by molar-refractivity contribution is -0.141. The zero-order valence-electron chi connectivity index (χ0n) is 16.3. The smallest absolute Gasteiger partial charge is 0.227 e. The summed E-state index contributed by atoms with van der Waals surface area (Å²) in [6.45, 7) is 1.25. The molecule has 2 amide bonds. The highest BCUT2D eigenvalue weighted by Crippen LogP contribution is 2.42. The minimum atomic E-state index is -0.366. The Hall–Kier alpha value is -1.95. The molecule has 3 fully saturated rings. The Labute approximate surface area is 165 Å². The zero-order valence-corrected chi connectivity index (χ0v) is 16.3. The minimum absolute atomic E-state index is 0.0872. The lowest BCUT2D eigenvalue weighted by atomic mass is 9.65. The summed E-state index contributed by atoms with van der Waals surface area (Å²) < 4.78 is 13.3. The third-order valence-electron chi connectivity index (χ3n) is 7.03. The highest BCUT2D eigenvalue weighted by atomic mass is 19.1. The van der Waals surface area contributed by atoms with E-state index in [0.29, 0.717) is 43.5 Å². The molecule has 6 heteroatoms. The lowest BCUT2D eigenvalue weighted by Crippen LogP contribution is -2.51. The molecule has 5 nitrogen and oxygen atoms in total. The van der Waals surface area contributed by atoms with Gasteiger partial charge in [-0.05, 0) is 68.6 Å². The largest absolute Gasteiger partial charge is 0.342 e. The van der Waals surface area contributed by atoms with Crippen molar-refractivity contribution in [1.82, 2.24) is 4.90 Å². The number of benzene rings is 1. The van der Waals surface area contributed by atoms with Gasteiger partial charge in [-0.15, -0.1) is 0 Å². The standard InChI is InChI=1S/C22H30FN3O2/c23-18-5-2-6-19(13-18)25-21(27)14-7-9-26(10-8-14)22(28)17-11-15-3-1-4-16(12-17)20(15)24/h2,5-6,13-17,20H,1,3-4,7-12,24H2,(H,25,27). The van der Waals surface area contributed by atoms with Crippen LogP contribution in [0, 0.1) is 29.5 Å². The molecule has 1 heterocycles. The van der Waals surface area contributed by atoms with Crippen molar-refractivity contribution in [2.75, 3.05) is 18.4 Å². The molecule has 152 valence electrons. The number of anilines is 1. The summed E-state index contributed by atoms with van der Waals surface area (Å²) in [5, 5.41) is 2.80. The summed E-state index contributed by atoms with van der Waals surface area (Å²) in [4.78, 5) is 27.5. The second kappa shape index (κ2) is 8.19. The monoisotopic (exact) mass is 387 g/mol. The van der Waals surface area contributed by atoms with Gasteiger partial charge in [0.05, 0.1) is 0 Å². The van der Waals surface area contributed by atoms with E-state index in [2.05, 4.69) is 5.32 Å². The maximum atomic E-state index is 13.3. The predicted octanol–water partition coefficient (Wildman–Crippen LogP) is 3.16. The van der Waals surface area contributed by atoms with E-state index >= 15 is 0 Å². The van der Waals surface area contributed by atoms with Gasteiger partial charge in [0.1, 0.15) is 5.82 Å². The van der Waals surface area contributed by atoms with Crippen LogP contribution in [-0.2, 0) is 9.59 Å². The Morgan fingerprint density at radius 2 is 1.71 bits per heavy atom. The summed E-state index contributed by atoms with van der Waals surface area (Å²) in [6, 6.07) is 6.21. The first-order valence-electron chi connectivity index (χ1n) is 10.6. The number of nitrogens with two attached hydrogens (primary N) is 1. The topological polar surface area (TPSA) is 75.4 Å². The van der Waals surface area contributed by atoms with Crippen molar-refractivity contribution in [3.8, 4) is 0 Å². The van der Waals surface area contributed by atoms with Crippen molar-refractivity contribution in [3.63, 3.8) is 0 Å². The predicted molar refractivity (Wildman–Crippen MR) is 106 cm³/mol. The number of amides is 2. The van der Waals surface area contributed by atoms with E-state index in [-0.39, 0.29) is 35.5 Å². The molecule has 3 N–H and O–H groups in total. The average Bonchev–Trinajstić information content (AvgIpc) is 2.67. The second-order valence-corrected chi connectivity index (χ2v) is 8.80. The molecule has 2 saturated carbocycles. The van der Waals surface area contributed by atoms with Gasteiger partial charge < -0.3 is 16.0 Å². The van der Waals surface area contributed by atoms with E-state index in [9.17, 15) is 14.0 Å². The summed E-state index contributed by atoms with van der Waals surface area (Å²) in [7, 11) is 0. The molecule has 0 aromatic heterocycles. The maximum Gasteiger partial charge on any atom is 0.227 e. The van der Waals surface area contributed by atoms with Gasteiger partial charge in [-0.1, -0.05) is 12.5 Å². The van der Waals surface area contributed by atoms with Crippen LogP contribution in [0.15, 0.2) is 24.3 Å². The van der Waals surface area contributed by atoms with Crippen LogP contribution in [0.2, 0.25) is 0 Å². The number of carbonyl (C=O) groups is 2. The van der Waals surface area contributed by atoms with Crippen LogP contribution in [0.4, 0.5) is 10.1 Å². The van der Waals surface area contributed by atoms with E-state index in [1.807, 2.05) is 4.90 Å². The molecule has 0 spiro atoms. The Kier molecular flexibility index (Phi) is 5.67. The van der Waals surface area contributed by atoms with Gasteiger partial charge in [0.15, 0.2) is 0 Å². The van der Waals surface area contributed by atoms with Gasteiger partial charge in [-0.3, -0.25) is 9.59 Å². The number of hydrogen-bond donors (Lipinski definition) is 2. The molecule has 2 aliphatic carbocycles. The van der Waals surface area contributed by atoms with Crippen molar-refractivity contribution >= 4 is 17.5 Å². The number of hydrogen-bond acceptors (Lipinski definition) is 3. The first-order valence-corrected chi connectivity index (χ1v) is 10.6. The quantitative estimate of drug-likeness (QED) is 0.837. The molecule has 1 aromatic rings. The van der Waals surface area contributed by atoms with Gasteiger partial charge >= 0.3 is 0 Å². The van der Waals surface area contributed by atoms with Crippen LogP contribution in [0.25, 0.3) is 0 Å². The zero-order chi connectivity index (χ0) is 19.7. The van der Waals surface area contributed by atoms with Crippen molar-refractivity contribution in [2.45, 2.75) is 51.0 Å². The molecule has 1 saturated heterocycles. The summed E-state index contributed by atoms with van der Waals surface area (Å²) in [5.41, 5.74) is 6.84.